The molecule has 0 bridgehead atoms. The highest BCUT2D eigenvalue weighted by Crippen LogP contribution is 2.33. The molecule has 0 aromatic heterocycles. The number of benzene rings is 1. The first-order chi connectivity index (χ1) is 8.35. The first kappa shape index (κ1) is 12.4. The highest BCUT2D eigenvalue weighted by molar-refractivity contribution is 5.37. The van der Waals surface area contributed by atoms with E-state index >= 15 is 0 Å². The van der Waals surface area contributed by atoms with Crippen LogP contribution in [0.1, 0.15) is 24.8 Å². The van der Waals surface area contributed by atoms with Crippen molar-refractivity contribution in [3.63, 3.8) is 0 Å². The Morgan fingerprint density at radius 2 is 2.24 bits per heavy atom. The van der Waals surface area contributed by atoms with Gasteiger partial charge in [0, 0.05) is 19.0 Å². The van der Waals surface area contributed by atoms with Crippen LogP contribution in [0.15, 0.2) is 24.3 Å². The molecule has 1 aliphatic heterocycles. The standard InChI is InChI=1S/C14H21NO2/c1-2-15(8-9-16)11-12-7-10-17-14-6-4-3-5-13(12)14/h3-6,12,16H,2,7-11H2,1H3. The van der Waals surface area contributed by atoms with Gasteiger partial charge >= 0.3 is 0 Å². The highest BCUT2D eigenvalue weighted by atomic mass is 16.5. The van der Waals surface area contributed by atoms with E-state index in [1.165, 1.54) is 5.56 Å². The maximum atomic E-state index is 9.03. The molecule has 94 valence electrons. The molecule has 1 aromatic carbocycles. The van der Waals surface area contributed by atoms with E-state index in [9.17, 15) is 0 Å². The van der Waals surface area contributed by atoms with Gasteiger partial charge in [-0.25, -0.2) is 0 Å². The van der Waals surface area contributed by atoms with Gasteiger partial charge < -0.3 is 14.7 Å². The summed E-state index contributed by atoms with van der Waals surface area (Å²) in [5, 5.41) is 9.03. The smallest absolute Gasteiger partial charge is 0.122 e. The lowest BCUT2D eigenvalue weighted by molar-refractivity contribution is 0.178. The second-order valence-electron chi connectivity index (χ2n) is 4.49. The van der Waals surface area contributed by atoms with Gasteiger partial charge in [0.2, 0.25) is 0 Å². The van der Waals surface area contributed by atoms with Gasteiger partial charge in [-0.05, 0) is 24.6 Å². The largest absolute Gasteiger partial charge is 0.493 e. The first-order valence-electron chi connectivity index (χ1n) is 6.40. The molecule has 0 saturated carbocycles. The lowest BCUT2D eigenvalue weighted by Gasteiger charge is -2.30. The van der Waals surface area contributed by atoms with Crippen molar-refractivity contribution in [2.75, 3.05) is 32.8 Å². The Kier molecular flexibility index (Phi) is 4.40. The van der Waals surface area contributed by atoms with Gasteiger partial charge in [-0.15, -0.1) is 0 Å². The minimum Gasteiger partial charge on any atom is -0.493 e. The Labute approximate surface area is 103 Å². The molecule has 0 saturated heterocycles. The minimum atomic E-state index is 0.235. The van der Waals surface area contributed by atoms with Crippen molar-refractivity contribution in [1.82, 2.24) is 4.90 Å². The van der Waals surface area contributed by atoms with Gasteiger partial charge in [-0.3, -0.25) is 0 Å². The molecule has 1 heterocycles. The molecular formula is C14H21NO2. The number of aliphatic hydroxyl groups excluding tert-OH is 1. The SMILES string of the molecule is CCN(CCO)CC1CCOc2ccccc21. The maximum absolute atomic E-state index is 9.03. The molecule has 0 amide bonds. The average molecular weight is 235 g/mol. The molecule has 1 aliphatic rings. The average Bonchev–Trinajstić information content (AvgIpc) is 2.38. The zero-order valence-corrected chi connectivity index (χ0v) is 10.4. The summed E-state index contributed by atoms with van der Waals surface area (Å²) in [6.07, 6.45) is 1.07. The molecule has 17 heavy (non-hydrogen) atoms. The summed E-state index contributed by atoms with van der Waals surface area (Å²) < 4.78 is 5.66. The first-order valence-corrected chi connectivity index (χ1v) is 6.40. The van der Waals surface area contributed by atoms with Crippen molar-refractivity contribution in [2.45, 2.75) is 19.3 Å². The van der Waals surface area contributed by atoms with Crippen LogP contribution in [-0.2, 0) is 0 Å². The van der Waals surface area contributed by atoms with Gasteiger partial charge in [0.15, 0.2) is 0 Å². The van der Waals surface area contributed by atoms with Crippen molar-refractivity contribution >= 4 is 0 Å². The van der Waals surface area contributed by atoms with Crippen molar-refractivity contribution in [2.24, 2.45) is 0 Å². The van der Waals surface area contributed by atoms with E-state index in [0.29, 0.717) is 5.92 Å². The quantitative estimate of drug-likeness (QED) is 0.845. The number of para-hydroxylation sites is 1. The Morgan fingerprint density at radius 3 is 3.00 bits per heavy atom. The Hall–Kier alpha value is -1.06. The summed E-state index contributed by atoms with van der Waals surface area (Å²) in [4.78, 5) is 2.30. The fourth-order valence-corrected chi connectivity index (χ4v) is 2.44. The number of fused-ring (bicyclic) bond motifs is 1. The summed E-state index contributed by atoms with van der Waals surface area (Å²) in [7, 11) is 0. The second kappa shape index (κ2) is 6.03. The third-order valence-electron chi connectivity index (χ3n) is 3.42. The highest BCUT2D eigenvalue weighted by Gasteiger charge is 2.22. The normalized spacial score (nSPS) is 18.9. The van der Waals surface area contributed by atoms with E-state index in [1.807, 2.05) is 12.1 Å². The van der Waals surface area contributed by atoms with E-state index in [4.69, 9.17) is 9.84 Å². The van der Waals surface area contributed by atoms with E-state index < -0.39 is 0 Å². The van der Waals surface area contributed by atoms with Crippen LogP contribution in [0.3, 0.4) is 0 Å². The molecule has 1 atom stereocenters. The monoisotopic (exact) mass is 235 g/mol. The van der Waals surface area contributed by atoms with Crippen LogP contribution >= 0.6 is 0 Å². The second-order valence-corrected chi connectivity index (χ2v) is 4.49. The molecule has 3 heteroatoms. The minimum absolute atomic E-state index is 0.235. The third-order valence-corrected chi connectivity index (χ3v) is 3.42. The summed E-state index contributed by atoms with van der Waals surface area (Å²) >= 11 is 0. The van der Waals surface area contributed by atoms with Crippen LogP contribution in [-0.4, -0.2) is 42.9 Å². The number of rotatable bonds is 5. The van der Waals surface area contributed by atoms with Crippen molar-refractivity contribution < 1.29 is 9.84 Å². The summed E-state index contributed by atoms with van der Waals surface area (Å²) in [5.41, 5.74) is 1.31. The zero-order chi connectivity index (χ0) is 12.1. The molecule has 0 spiro atoms. The van der Waals surface area contributed by atoms with Crippen LogP contribution in [0.5, 0.6) is 5.75 Å². The molecule has 0 fully saturated rings. The fraction of sp³-hybridized carbons (Fsp3) is 0.571. The number of nitrogens with zero attached hydrogens (tertiary/aromatic N) is 1. The number of hydrogen-bond acceptors (Lipinski definition) is 3. The Balaban J connectivity index is 2.07. The molecule has 0 radical (unpaired) electrons. The topological polar surface area (TPSA) is 32.7 Å². The van der Waals surface area contributed by atoms with E-state index in [-0.39, 0.29) is 6.61 Å². The van der Waals surface area contributed by atoms with Crippen LogP contribution in [0.2, 0.25) is 0 Å². The number of ether oxygens (including phenoxy) is 1. The summed E-state index contributed by atoms with van der Waals surface area (Å²) in [6.45, 7) is 5.94. The van der Waals surface area contributed by atoms with Gasteiger partial charge in [-0.2, -0.15) is 0 Å². The maximum Gasteiger partial charge on any atom is 0.122 e. The van der Waals surface area contributed by atoms with E-state index in [0.717, 1.165) is 38.4 Å². The molecule has 3 nitrogen and oxygen atoms in total. The van der Waals surface area contributed by atoms with Crippen LogP contribution in [0, 0.1) is 0 Å². The number of likely N-dealkylation sites (N-methyl/N-ethyl adjacent to an activating group) is 1. The lowest BCUT2D eigenvalue weighted by atomic mass is 9.92. The number of hydrogen-bond donors (Lipinski definition) is 1. The van der Waals surface area contributed by atoms with Crippen molar-refractivity contribution in [1.29, 1.82) is 0 Å². The molecule has 1 N–H and O–H groups in total. The summed E-state index contributed by atoms with van der Waals surface area (Å²) in [5.74, 6) is 1.57. The predicted octanol–water partition coefficient (Wildman–Crippen LogP) is 1.87. The summed E-state index contributed by atoms with van der Waals surface area (Å²) in [6, 6.07) is 8.30. The molecular weight excluding hydrogens is 214 g/mol. The van der Waals surface area contributed by atoms with Gasteiger partial charge in [0.05, 0.1) is 13.2 Å². The van der Waals surface area contributed by atoms with E-state index in [1.54, 1.807) is 0 Å². The van der Waals surface area contributed by atoms with Crippen LogP contribution in [0.25, 0.3) is 0 Å². The molecule has 2 rings (SSSR count). The number of aliphatic hydroxyl groups is 1. The van der Waals surface area contributed by atoms with Crippen molar-refractivity contribution in [3.05, 3.63) is 29.8 Å². The lowest BCUT2D eigenvalue weighted by Crippen LogP contribution is -2.33. The third kappa shape index (κ3) is 2.99. The van der Waals surface area contributed by atoms with Gasteiger partial charge in [0.1, 0.15) is 5.75 Å². The van der Waals surface area contributed by atoms with Gasteiger partial charge in [-0.1, -0.05) is 25.1 Å². The molecule has 1 aromatic rings. The fourth-order valence-electron chi connectivity index (χ4n) is 2.44. The van der Waals surface area contributed by atoms with Gasteiger partial charge in [0.25, 0.3) is 0 Å². The molecule has 1 unspecified atom stereocenters. The van der Waals surface area contributed by atoms with Crippen LogP contribution in [0.4, 0.5) is 0 Å². The zero-order valence-electron chi connectivity index (χ0n) is 10.4. The van der Waals surface area contributed by atoms with Crippen molar-refractivity contribution in [3.8, 4) is 5.75 Å². The Morgan fingerprint density at radius 1 is 1.41 bits per heavy atom. The van der Waals surface area contributed by atoms with E-state index in [2.05, 4.69) is 24.0 Å². The molecule has 0 aliphatic carbocycles. The predicted molar refractivity (Wildman–Crippen MR) is 68.5 cm³/mol. The Bertz CT molecular complexity index is 354. The van der Waals surface area contributed by atoms with Crippen LogP contribution < -0.4 is 4.74 Å².